The number of benzene rings is 1. The standard InChI is InChI=1S/C16H16NS/c1-3-10-4-2-8-17-14(10)13(5-1)18-16-12-7-6-11(9-12)15(16)17/h1-5,8,11-12,15-16H,6-7,9H2/q+1/t11-,12-,15-,16+/m0/s1. The number of fused-ring (bicyclic) bond motifs is 6. The van der Waals surface area contributed by atoms with E-state index in [9.17, 15) is 0 Å². The topological polar surface area (TPSA) is 3.88 Å². The molecule has 2 aromatic rings. The van der Waals surface area contributed by atoms with Gasteiger partial charge in [-0.3, -0.25) is 0 Å². The second-order valence-electron chi connectivity index (χ2n) is 6.02. The van der Waals surface area contributed by atoms with E-state index in [4.69, 9.17) is 0 Å². The van der Waals surface area contributed by atoms with E-state index < -0.39 is 0 Å². The van der Waals surface area contributed by atoms with E-state index in [-0.39, 0.29) is 0 Å². The summed E-state index contributed by atoms with van der Waals surface area (Å²) in [6.45, 7) is 0. The Morgan fingerprint density at radius 2 is 1.94 bits per heavy atom. The average molecular weight is 254 g/mol. The molecule has 2 aliphatic carbocycles. The van der Waals surface area contributed by atoms with Gasteiger partial charge in [0.25, 0.3) is 0 Å². The maximum atomic E-state index is 2.61. The van der Waals surface area contributed by atoms with Gasteiger partial charge in [-0.15, -0.1) is 11.8 Å². The Labute approximate surface area is 111 Å². The molecule has 2 heteroatoms. The third-order valence-corrected chi connectivity index (χ3v) is 6.71. The summed E-state index contributed by atoms with van der Waals surface area (Å²) in [5, 5.41) is 2.25. The predicted octanol–water partition coefficient (Wildman–Crippen LogP) is 3.57. The van der Waals surface area contributed by atoms with Crippen LogP contribution in [0.5, 0.6) is 0 Å². The molecule has 0 unspecified atom stereocenters. The van der Waals surface area contributed by atoms with Crippen LogP contribution in [-0.2, 0) is 0 Å². The zero-order valence-electron chi connectivity index (χ0n) is 10.3. The van der Waals surface area contributed by atoms with Crippen molar-refractivity contribution in [2.45, 2.75) is 35.4 Å². The van der Waals surface area contributed by atoms with Crippen molar-refractivity contribution in [3.8, 4) is 0 Å². The molecule has 1 aliphatic heterocycles. The zero-order valence-corrected chi connectivity index (χ0v) is 11.1. The van der Waals surface area contributed by atoms with Crippen molar-refractivity contribution in [3.63, 3.8) is 0 Å². The van der Waals surface area contributed by atoms with Gasteiger partial charge in [0.2, 0.25) is 5.52 Å². The smallest absolute Gasteiger partial charge is 0.193 e. The highest BCUT2D eigenvalue weighted by atomic mass is 32.2. The summed E-state index contributed by atoms with van der Waals surface area (Å²) in [5.41, 5.74) is 1.49. The Balaban J connectivity index is 1.83. The van der Waals surface area contributed by atoms with Gasteiger partial charge in [0.15, 0.2) is 12.2 Å². The lowest BCUT2D eigenvalue weighted by molar-refractivity contribution is -0.705. The molecule has 0 spiro atoms. The third-order valence-electron chi connectivity index (χ3n) is 5.19. The Morgan fingerprint density at radius 3 is 2.94 bits per heavy atom. The molecular formula is C16H16NS+. The van der Waals surface area contributed by atoms with E-state index in [0.717, 1.165) is 23.1 Å². The van der Waals surface area contributed by atoms with E-state index in [1.807, 2.05) is 0 Å². The highest BCUT2D eigenvalue weighted by Gasteiger charge is 2.55. The lowest BCUT2D eigenvalue weighted by Crippen LogP contribution is -2.50. The van der Waals surface area contributed by atoms with Crippen LogP contribution in [0.4, 0.5) is 0 Å². The average Bonchev–Trinajstić information content (AvgIpc) is 3.01. The monoisotopic (exact) mass is 254 g/mol. The maximum absolute atomic E-state index is 2.61. The molecule has 2 saturated carbocycles. The minimum absolute atomic E-state index is 0.771. The maximum Gasteiger partial charge on any atom is 0.226 e. The van der Waals surface area contributed by atoms with Gasteiger partial charge in [0, 0.05) is 17.4 Å². The number of hydrogen-bond acceptors (Lipinski definition) is 1. The van der Waals surface area contributed by atoms with Gasteiger partial charge in [-0.25, -0.2) is 0 Å². The first-order valence-electron chi connectivity index (χ1n) is 7.01. The molecule has 1 aromatic heterocycles. The van der Waals surface area contributed by atoms with Crippen LogP contribution >= 0.6 is 11.8 Å². The van der Waals surface area contributed by atoms with E-state index in [1.165, 1.54) is 35.1 Å². The third kappa shape index (κ3) is 1.08. The zero-order chi connectivity index (χ0) is 11.7. The van der Waals surface area contributed by atoms with Gasteiger partial charge < -0.3 is 0 Å². The van der Waals surface area contributed by atoms with Gasteiger partial charge in [0.05, 0.1) is 10.1 Å². The molecule has 90 valence electrons. The van der Waals surface area contributed by atoms with Gasteiger partial charge in [-0.05, 0) is 43.4 Å². The van der Waals surface area contributed by atoms with Crippen LogP contribution in [0.2, 0.25) is 0 Å². The van der Waals surface area contributed by atoms with E-state index in [0.29, 0.717) is 0 Å². The number of aromatic nitrogens is 1. The number of pyridine rings is 1. The lowest BCUT2D eigenvalue weighted by Gasteiger charge is -2.30. The summed E-state index contributed by atoms with van der Waals surface area (Å²) in [6.07, 6.45) is 6.72. The first-order chi connectivity index (χ1) is 8.92. The Kier molecular flexibility index (Phi) is 1.80. The lowest BCUT2D eigenvalue weighted by atomic mass is 9.93. The minimum atomic E-state index is 0.771. The number of para-hydroxylation sites is 1. The molecule has 0 saturated heterocycles. The van der Waals surface area contributed by atoms with Crippen LogP contribution in [0, 0.1) is 11.8 Å². The molecule has 0 radical (unpaired) electrons. The van der Waals surface area contributed by atoms with E-state index in [2.05, 4.69) is 52.9 Å². The van der Waals surface area contributed by atoms with Gasteiger partial charge in [-0.1, -0.05) is 6.07 Å². The molecule has 18 heavy (non-hydrogen) atoms. The van der Waals surface area contributed by atoms with E-state index >= 15 is 0 Å². The van der Waals surface area contributed by atoms with Crippen molar-refractivity contribution >= 4 is 22.7 Å². The summed E-state index contributed by atoms with van der Waals surface area (Å²) >= 11 is 2.16. The number of nitrogens with zero attached hydrogens (tertiary/aromatic N) is 1. The summed E-state index contributed by atoms with van der Waals surface area (Å²) in [5.74, 6) is 1.91. The molecule has 0 N–H and O–H groups in total. The first kappa shape index (κ1) is 9.85. The van der Waals surface area contributed by atoms with Crippen molar-refractivity contribution in [2.24, 2.45) is 11.8 Å². The van der Waals surface area contributed by atoms with Crippen molar-refractivity contribution < 1.29 is 4.57 Å². The molecule has 1 nitrogen and oxygen atoms in total. The fourth-order valence-electron chi connectivity index (χ4n) is 4.51. The molecule has 2 fully saturated rings. The van der Waals surface area contributed by atoms with Gasteiger partial charge in [-0.2, -0.15) is 4.57 Å². The second kappa shape index (κ2) is 3.30. The highest BCUT2D eigenvalue weighted by Crippen LogP contribution is 2.57. The van der Waals surface area contributed by atoms with Crippen LogP contribution < -0.4 is 4.57 Å². The number of thioether (sulfide) groups is 1. The Bertz CT molecular complexity index is 645. The van der Waals surface area contributed by atoms with Crippen LogP contribution in [0.1, 0.15) is 25.3 Å². The predicted molar refractivity (Wildman–Crippen MR) is 73.7 cm³/mol. The van der Waals surface area contributed by atoms with Gasteiger partial charge >= 0.3 is 0 Å². The van der Waals surface area contributed by atoms with E-state index in [1.54, 1.807) is 0 Å². The summed E-state index contributed by atoms with van der Waals surface area (Å²) in [4.78, 5) is 1.50. The van der Waals surface area contributed by atoms with Crippen molar-refractivity contribution in [2.75, 3.05) is 0 Å². The SMILES string of the molecule is c1cc2c3c(c1)ccc[n+]3[C@H]1[C@H]3CC[C@@H](C3)[C@H]1S2. The summed E-state index contributed by atoms with van der Waals surface area (Å²) in [7, 11) is 0. The van der Waals surface area contributed by atoms with Gasteiger partial charge in [0.1, 0.15) is 0 Å². The van der Waals surface area contributed by atoms with Crippen molar-refractivity contribution in [1.82, 2.24) is 0 Å². The molecule has 1 aromatic carbocycles. The van der Waals surface area contributed by atoms with Crippen LogP contribution in [0.25, 0.3) is 10.9 Å². The van der Waals surface area contributed by atoms with Crippen LogP contribution in [-0.4, -0.2) is 5.25 Å². The molecule has 2 bridgehead atoms. The number of hydrogen-bond donors (Lipinski definition) is 0. The normalized spacial score (nSPS) is 36.0. The molecule has 2 heterocycles. The highest BCUT2D eigenvalue weighted by molar-refractivity contribution is 8.00. The second-order valence-corrected chi connectivity index (χ2v) is 7.24. The fourth-order valence-corrected chi connectivity index (χ4v) is 6.23. The fraction of sp³-hybridized carbons (Fsp3) is 0.438. The summed E-state index contributed by atoms with van der Waals surface area (Å²) < 4.78 is 2.61. The molecular weight excluding hydrogens is 238 g/mol. The largest absolute Gasteiger partial charge is 0.226 e. The minimum Gasteiger partial charge on any atom is -0.193 e. The number of rotatable bonds is 0. The Hall–Kier alpha value is -1.02. The summed E-state index contributed by atoms with van der Waals surface area (Å²) in [6, 6.07) is 12.0. The van der Waals surface area contributed by atoms with Crippen LogP contribution in [0.3, 0.4) is 0 Å². The molecule has 4 atom stereocenters. The first-order valence-corrected chi connectivity index (χ1v) is 7.89. The van der Waals surface area contributed by atoms with Crippen LogP contribution in [0.15, 0.2) is 41.4 Å². The van der Waals surface area contributed by atoms with Crippen molar-refractivity contribution in [3.05, 3.63) is 36.5 Å². The Morgan fingerprint density at radius 1 is 1.06 bits per heavy atom. The molecule has 5 rings (SSSR count). The van der Waals surface area contributed by atoms with Crippen molar-refractivity contribution in [1.29, 1.82) is 0 Å². The quantitative estimate of drug-likeness (QED) is 0.650. The molecule has 0 amide bonds. The molecule has 3 aliphatic rings.